The van der Waals surface area contributed by atoms with Gasteiger partial charge in [-0.05, 0) is 68.3 Å². The van der Waals surface area contributed by atoms with E-state index in [1.807, 2.05) is 43.3 Å². The molecule has 1 heterocycles. The summed E-state index contributed by atoms with van der Waals surface area (Å²) in [4.78, 5) is 26.6. The summed E-state index contributed by atoms with van der Waals surface area (Å²) in [7, 11) is 1.64. The van der Waals surface area contributed by atoms with Crippen molar-refractivity contribution in [2.24, 2.45) is 0 Å². The summed E-state index contributed by atoms with van der Waals surface area (Å²) in [5.74, 6) is -0.395. The zero-order valence-corrected chi connectivity index (χ0v) is 17.4. The summed E-state index contributed by atoms with van der Waals surface area (Å²) in [5.41, 5.74) is 5.72. The van der Waals surface area contributed by atoms with Gasteiger partial charge in [-0.15, -0.1) is 0 Å². The molecular weight excluding hydrogens is 362 g/mol. The number of aryl methyl sites for hydroxylation is 3. The Hall–Kier alpha value is -3.34. The molecule has 0 radical (unpaired) electrons. The van der Waals surface area contributed by atoms with Crippen LogP contribution in [0.5, 0.6) is 0 Å². The number of carbonyl (C=O) groups is 2. The largest absolute Gasteiger partial charge is 0.332 e. The van der Waals surface area contributed by atoms with E-state index in [-0.39, 0.29) is 18.4 Å². The molecule has 0 aliphatic rings. The lowest BCUT2D eigenvalue weighted by atomic mass is 10.1. The first-order chi connectivity index (χ1) is 13.9. The maximum Gasteiger partial charge on any atom is 0.254 e. The third kappa shape index (κ3) is 4.57. The van der Waals surface area contributed by atoms with Crippen LogP contribution >= 0.6 is 0 Å². The van der Waals surface area contributed by atoms with Crippen LogP contribution < -0.4 is 5.32 Å². The minimum absolute atomic E-state index is 0.00551. The van der Waals surface area contributed by atoms with Gasteiger partial charge in [-0.1, -0.05) is 25.1 Å². The normalized spacial score (nSPS) is 10.6. The van der Waals surface area contributed by atoms with Crippen molar-refractivity contribution >= 4 is 17.5 Å². The molecule has 29 heavy (non-hydrogen) atoms. The molecule has 0 atom stereocenters. The average Bonchev–Trinajstić information content (AvgIpc) is 3.06. The molecule has 0 aliphatic heterocycles. The predicted octanol–water partition coefficient (Wildman–Crippen LogP) is 4.37. The Balaban J connectivity index is 1.66. The van der Waals surface area contributed by atoms with Crippen molar-refractivity contribution in [2.75, 3.05) is 18.9 Å². The molecule has 3 rings (SSSR count). The molecule has 5 heteroatoms. The number of hydrogen-bond donors (Lipinski definition) is 1. The van der Waals surface area contributed by atoms with Gasteiger partial charge >= 0.3 is 0 Å². The van der Waals surface area contributed by atoms with Gasteiger partial charge in [0.1, 0.15) is 0 Å². The molecule has 0 bridgehead atoms. The van der Waals surface area contributed by atoms with Crippen LogP contribution in [0.15, 0.2) is 60.7 Å². The lowest BCUT2D eigenvalue weighted by Crippen LogP contribution is -2.35. The molecule has 0 saturated carbocycles. The SMILES string of the molecule is CCc1ccccc1NC(=O)CN(C)C(=O)c1ccc(-n2c(C)ccc2C)cc1. The summed E-state index contributed by atoms with van der Waals surface area (Å²) in [5, 5.41) is 2.90. The molecule has 150 valence electrons. The molecule has 2 amide bonds. The number of nitrogens with one attached hydrogen (secondary N) is 1. The number of likely N-dealkylation sites (N-methyl/N-ethyl adjacent to an activating group) is 1. The minimum atomic E-state index is -0.211. The lowest BCUT2D eigenvalue weighted by Gasteiger charge is -2.18. The lowest BCUT2D eigenvalue weighted by molar-refractivity contribution is -0.116. The first-order valence-corrected chi connectivity index (χ1v) is 9.79. The van der Waals surface area contributed by atoms with Crippen LogP contribution in [0.2, 0.25) is 0 Å². The smallest absolute Gasteiger partial charge is 0.254 e. The van der Waals surface area contributed by atoms with Crippen molar-refractivity contribution in [3.63, 3.8) is 0 Å². The highest BCUT2D eigenvalue weighted by Crippen LogP contribution is 2.18. The van der Waals surface area contributed by atoms with Gasteiger partial charge in [-0.25, -0.2) is 0 Å². The van der Waals surface area contributed by atoms with Crippen molar-refractivity contribution < 1.29 is 9.59 Å². The zero-order chi connectivity index (χ0) is 21.0. The van der Waals surface area contributed by atoms with Gasteiger partial charge < -0.3 is 14.8 Å². The Bertz CT molecular complexity index is 999. The number of rotatable bonds is 6. The molecule has 0 fully saturated rings. The molecular formula is C24H27N3O2. The van der Waals surface area contributed by atoms with Crippen LogP contribution in [0.3, 0.4) is 0 Å². The van der Waals surface area contributed by atoms with Crippen molar-refractivity contribution in [1.29, 1.82) is 0 Å². The van der Waals surface area contributed by atoms with Crippen LogP contribution in [0, 0.1) is 13.8 Å². The number of hydrogen-bond acceptors (Lipinski definition) is 2. The highest BCUT2D eigenvalue weighted by Gasteiger charge is 2.16. The molecule has 5 nitrogen and oxygen atoms in total. The Morgan fingerprint density at radius 2 is 1.55 bits per heavy atom. The van der Waals surface area contributed by atoms with E-state index >= 15 is 0 Å². The monoisotopic (exact) mass is 389 g/mol. The maximum atomic E-state index is 12.7. The first kappa shape index (κ1) is 20.4. The molecule has 3 aromatic rings. The quantitative estimate of drug-likeness (QED) is 0.681. The molecule has 2 aromatic carbocycles. The minimum Gasteiger partial charge on any atom is -0.332 e. The van der Waals surface area contributed by atoms with Crippen LogP contribution in [0.4, 0.5) is 5.69 Å². The second kappa shape index (κ2) is 8.78. The third-order valence-electron chi connectivity index (χ3n) is 5.04. The van der Waals surface area contributed by atoms with Crippen molar-refractivity contribution in [1.82, 2.24) is 9.47 Å². The van der Waals surface area contributed by atoms with E-state index in [1.165, 1.54) is 4.90 Å². The van der Waals surface area contributed by atoms with Gasteiger partial charge in [-0.2, -0.15) is 0 Å². The zero-order valence-electron chi connectivity index (χ0n) is 17.4. The molecule has 0 unspecified atom stereocenters. The Labute approximate surface area is 172 Å². The number of para-hydroxylation sites is 1. The van der Waals surface area contributed by atoms with E-state index in [1.54, 1.807) is 19.2 Å². The van der Waals surface area contributed by atoms with Gasteiger partial charge in [0, 0.05) is 35.4 Å². The van der Waals surface area contributed by atoms with Crippen molar-refractivity contribution in [3.8, 4) is 5.69 Å². The Kier molecular flexibility index (Phi) is 6.17. The van der Waals surface area contributed by atoms with E-state index in [0.717, 1.165) is 34.7 Å². The fourth-order valence-corrected chi connectivity index (χ4v) is 3.48. The molecule has 0 saturated heterocycles. The summed E-state index contributed by atoms with van der Waals surface area (Å²) < 4.78 is 2.14. The predicted molar refractivity (Wildman–Crippen MR) is 117 cm³/mol. The molecule has 0 spiro atoms. The van der Waals surface area contributed by atoms with Crippen LogP contribution in [-0.2, 0) is 11.2 Å². The second-order valence-corrected chi connectivity index (χ2v) is 7.22. The van der Waals surface area contributed by atoms with Gasteiger partial charge in [0.25, 0.3) is 5.91 Å². The van der Waals surface area contributed by atoms with Crippen molar-refractivity contribution in [3.05, 3.63) is 83.2 Å². The summed E-state index contributed by atoms with van der Waals surface area (Å²) in [6.07, 6.45) is 0.831. The number of amides is 2. The second-order valence-electron chi connectivity index (χ2n) is 7.22. The third-order valence-corrected chi connectivity index (χ3v) is 5.04. The summed E-state index contributed by atoms with van der Waals surface area (Å²) in [6, 6.07) is 19.3. The summed E-state index contributed by atoms with van der Waals surface area (Å²) in [6.45, 7) is 6.14. The highest BCUT2D eigenvalue weighted by molar-refractivity contribution is 5.99. The van der Waals surface area contributed by atoms with Crippen LogP contribution in [0.1, 0.15) is 34.2 Å². The Morgan fingerprint density at radius 1 is 0.931 bits per heavy atom. The first-order valence-electron chi connectivity index (χ1n) is 9.79. The number of carbonyl (C=O) groups excluding carboxylic acids is 2. The van der Waals surface area contributed by atoms with Gasteiger partial charge in [-0.3, -0.25) is 9.59 Å². The van der Waals surface area contributed by atoms with Crippen molar-refractivity contribution in [2.45, 2.75) is 27.2 Å². The summed E-state index contributed by atoms with van der Waals surface area (Å²) >= 11 is 0. The topological polar surface area (TPSA) is 54.3 Å². The van der Waals surface area contributed by atoms with Gasteiger partial charge in [0.15, 0.2) is 0 Å². The fourth-order valence-electron chi connectivity index (χ4n) is 3.48. The number of aromatic nitrogens is 1. The fraction of sp³-hybridized carbons (Fsp3) is 0.250. The van der Waals surface area contributed by atoms with E-state index in [9.17, 15) is 9.59 Å². The highest BCUT2D eigenvalue weighted by atomic mass is 16.2. The number of nitrogens with zero attached hydrogens (tertiary/aromatic N) is 2. The maximum absolute atomic E-state index is 12.7. The van der Waals surface area contributed by atoms with Crippen LogP contribution in [0.25, 0.3) is 5.69 Å². The molecule has 0 aliphatic carbocycles. The average molecular weight is 389 g/mol. The van der Waals surface area contributed by atoms with E-state index in [0.29, 0.717) is 5.56 Å². The van der Waals surface area contributed by atoms with E-state index < -0.39 is 0 Å². The Morgan fingerprint density at radius 3 is 2.17 bits per heavy atom. The standard InChI is InChI=1S/C24H27N3O2/c1-5-19-8-6-7-9-22(19)25-23(28)16-26(4)24(29)20-12-14-21(15-13-20)27-17(2)10-11-18(27)3/h6-15H,5,16H2,1-4H3,(H,25,28). The van der Waals surface area contributed by atoms with E-state index in [4.69, 9.17) is 0 Å². The molecule has 1 aromatic heterocycles. The van der Waals surface area contributed by atoms with E-state index in [2.05, 4.69) is 35.9 Å². The number of benzene rings is 2. The van der Waals surface area contributed by atoms with Gasteiger partial charge in [0.05, 0.1) is 6.54 Å². The van der Waals surface area contributed by atoms with Crippen LogP contribution in [-0.4, -0.2) is 34.9 Å². The molecule has 1 N–H and O–H groups in total. The number of anilines is 1. The van der Waals surface area contributed by atoms with Gasteiger partial charge in [0.2, 0.25) is 5.91 Å².